The molecule has 1 saturated heterocycles. The van der Waals surface area contributed by atoms with E-state index in [1.54, 1.807) is 48.7 Å². The van der Waals surface area contributed by atoms with E-state index in [4.69, 9.17) is 9.26 Å². The summed E-state index contributed by atoms with van der Waals surface area (Å²) in [5.74, 6) is 0.119. The van der Waals surface area contributed by atoms with Gasteiger partial charge in [-0.2, -0.15) is 4.31 Å². The molecular formula is C24H27N3O6S. The zero-order valence-electron chi connectivity index (χ0n) is 19.4. The molecule has 2 aromatic heterocycles. The minimum Gasteiger partial charge on any atom is -0.456 e. The van der Waals surface area contributed by atoms with Crippen LogP contribution < -0.4 is 0 Å². The van der Waals surface area contributed by atoms with E-state index in [1.165, 1.54) is 16.4 Å². The number of carbonyl (C=O) groups is 2. The smallest absolute Gasteiger partial charge is 0.324 e. The van der Waals surface area contributed by atoms with Crippen LogP contribution in [-0.2, 0) is 19.6 Å². The molecule has 9 nitrogen and oxygen atoms in total. The average Bonchev–Trinajstić information content (AvgIpc) is 3.39. The molecule has 0 bridgehead atoms. The highest BCUT2D eigenvalue weighted by Crippen LogP contribution is 2.26. The number of ether oxygens (including phenoxy) is 1. The number of nitrogens with zero attached hydrogens (tertiary/aromatic N) is 3. The monoisotopic (exact) mass is 485 g/mol. The van der Waals surface area contributed by atoms with Gasteiger partial charge in [0.15, 0.2) is 12.4 Å². The maximum Gasteiger partial charge on any atom is 0.324 e. The molecule has 1 aliphatic heterocycles. The van der Waals surface area contributed by atoms with Crippen LogP contribution in [0, 0.1) is 20.8 Å². The second-order valence-electron chi connectivity index (χ2n) is 8.39. The summed E-state index contributed by atoms with van der Waals surface area (Å²) in [6.45, 7) is 5.15. The summed E-state index contributed by atoms with van der Waals surface area (Å²) >= 11 is 0. The van der Waals surface area contributed by atoms with Gasteiger partial charge in [0.05, 0.1) is 4.90 Å². The lowest BCUT2D eigenvalue weighted by Crippen LogP contribution is -2.48. The molecule has 0 spiro atoms. The van der Waals surface area contributed by atoms with Gasteiger partial charge < -0.3 is 9.26 Å². The topological polar surface area (TPSA) is 112 Å². The molecule has 0 N–H and O–H groups in total. The molecule has 0 aliphatic carbocycles. The highest BCUT2D eigenvalue weighted by molar-refractivity contribution is 7.89. The lowest BCUT2D eigenvalue weighted by atomic mass is 10.1. The van der Waals surface area contributed by atoms with Crippen LogP contribution in [-0.4, -0.2) is 53.4 Å². The van der Waals surface area contributed by atoms with Crippen molar-refractivity contribution < 1.29 is 27.3 Å². The van der Waals surface area contributed by atoms with E-state index in [9.17, 15) is 18.0 Å². The van der Waals surface area contributed by atoms with Crippen molar-refractivity contribution in [2.75, 3.05) is 13.2 Å². The van der Waals surface area contributed by atoms with Crippen LogP contribution in [0.4, 0.5) is 0 Å². The maximum absolute atomic E-state index is 13.1. The molecule has 4 rings (SSSR count). The lowest BCUT2D eigenvalue weighted by Gasteiger charge is -2.32. The number of aryl methyl sites for hydroxylation is 2. The van der Waals surface area contributed by atoms with Gasteiger partial charge >= 0.3 is 5.97 Å². The molecule has 1 aromatic carbocycles. The van der Waals surface area contributed by atoms with Crippen molar-refractivity contribution in [2.45, 2.75) is 51.0 Å². The second kappa shape index (κ2) is 9.55. The second-order valence-corrected chi connectivity index (χ2v) is 10.3. The fourth-order valence-corrected chi connectivity index (χ4v) is 5.99. The van der Waals surface area contributed by atoms with Crippen molar-refractivity contribution in [1.82, 2.24) is 14.0 Å². The van der Waals surface area contributed by atoms with Crippen LogP contribution >= 0.6 is 0 Å². The summed E-state index contributed by atoms with van der Waals surface area (Å²) in [6.07, 6.45) is 1.70. The summed E-state index contributed by atoms with van der Waals surface area (Å²) < 4.78 is 39.7. The van der Waals surface area contributed by atoms with Crippen molar-refractivity contribution in [1.29, 1.82) is 0 Å². The average molecular weight is 486 g/mol. The van der Waals surface area contributed by atoms with Crippen molar-refractivity contribution in [3.8, 4) is 5.82 Å². The highest BCUT2D eigenvalue weighted by atomic mass is 32.2. The first kappa shape index (κ1) is 23.9. The van der Waals surface area contributed by atoms with E-state index in [1.807, 2.05) is 6.92 Å². The summed E-state index contributed by atoms with van der Waals surface area (Å²) in [4.78, 5) is 25.9. The van der Waals surface area contributed by atoms with Gasteiger partial charge in [-0.15, -0.1) is 0 Å². The predicted molar refractivity (Wildman–Crippen MR) is 123 cm³/mol. The van der Waals surface area contributed by atoms with Crippen LogP contribution in [0.1, 0.15) is 46.8 Å². The van der Waals surface area contributed by atoms with Gasteiger partial charge in [-0.1, -0.05) is 23.4 Å². The Bertz CT molecular complexity index is 1310. The zero-order valence-corrected chi connectivity index (χ0v) is 20.2. The SMILES string of the molecule is Cc1cc(-n2c(C)cc(C(=O)COC(=O)C3CCCCN3S(=O)(=O)c3ccccc3)c2C)no1. The molecule has 1 aliphatic rings. The molecule has 1 unspecified atom stereocenters. The standard InChI is InChI=1S/C24H27N3O6S/c1-16-13-20(18(3)27(16)23-14-17(2)33-25-23)22(28)15-32-24(29)21-11-7-8-12-26(21)34(30,31)19-9-5-4-6-10-19/h4-6,9-10,13-14,21H,7-8,11-12,15H2,1-3H3. The molecule has 34 heavy (non-hydrogen) atoms. The minimum absolute atomic E-state index is 0.126. The molecule has 0 saturated carbocycles. The van der Waals surface area contributed by atoms with Crippen molar-refractivity contribution in [3.05, 3.63) is 65.2 Å². The Morgan fingerprint density at radius 2 is 1.85 bits per heavy atom. The van der Waals surface area contributed by atoms with Crippen LogP contribution in [0.25, 0.3) is 5.82 Å². The van der Waals surface area contributed by atoms with Gasteiger partial charge in [0.2, 0.25) is 15.8 Å². The molecule has 180 valence electrons. The number of hydrogen-bond donors (Lipinski definition) is 0. The highest BCUT2D eigenvalue weighted by Gasteiger charge is 2.38. The normalized spacial score (nSPS) is 17.0. The van der Waals surface area contributed by atoms with Crippen molar-refractivity contribution >= 4 is 21.8 Å². The van der Waals surface area contributed by atoms with E-state index in [-0.39, 0.29) is 17.2 Å². The molecule has 1 fully saturated rings. The molecular weight excluding hydrogens is 458 g/mol. The zero-order chi connectivity index (χ0) is 24.5. The number of carbonyl (C=O) groups excluding carboxylic acids is 2. The molecule has 10 heteroatoms. The van der Waals surface area contributed by atoms with Gasteiger partial charge in [-0.05, 0) is 58.2 Å². The first-order valence-electron chi connectivity index (χ1n) is 11.1. The van der Waals surface area contributed by atoms with E-state index < -0.39 is 28.6 Å². The Morgan fingerprint density at radius 1 is 1.12 bits per heavy atom. The third-order valence-electron chi connectivity index (χ3n) is 6.00. The van der Waals surface area contributed by atoms with Crippen LogP contribution in [0.2, 0.25) is 0 Å². The first-order chi connectivity index (χ1) is 16.2. The summed E-state index contributed by atoms with van der Waals surface area (Å²) in [6, 6.07) is 10.5. The number of Topliss-reactive ketones (excluding diaryl/α,β-unsaturated/α-hetero) is 1. The van der Waals surface area contributed by atoms with Crippen LogP contribution in [0.15, 0.2) is 51.9 Å². The number of esters is 1. The maximum atomic E-state index is 13.1. The van der Waals surface area contributed by atoms with Gasteiger partial charge in [0.1, 0.15) is 11.8 Å². The Kier molecular flexibility index (Phi) is 6.72. The number of benzene rings is 1. The fourth-order valence-electron chi connectivity index (χ4n) is 4.32. The largest absolute Gasteiger partial charge is 0.456 e. The van der Waals surface area contributed by atoms with Crippen LogP contribution in [0.3, 0.4) is 0 Å². The Morgan fingerprint density at radius 3 is 2.53 bits per heavy atom. The van der Waals surface area contributed by atoms with Gasteiger partial charge in [-0.3, -0.25) is 14.2 Å². The molecule has 3 aromatic rings. The Labute approximate surface area is 198 Å². The summed E-state index contributed by atoms with van der Waals surface area (Å²) in [5.41, 5.74) is 1.84. The third kappa shape index (κ3) is 4.55. The molecule has 1 atom stereocenters. The molecule has 0 radical (unpaired) electrons. The number of ketones is 1. The predicted octanol–water partition coefficient (Wildman–Crippen LogP) is 3.36. The number of aromatic nitrogens is 2. The molecule has 3 heterocycles. The van der Waals surface area contributed by atoms with E-state index in [2.05, 4.69) is 5.16 Å². The van der Waals surface area contributed by atoms with Crippen molar-refractivity contribution in [2.24, 2.45) is 0 Å². The van der Waals surface area contributed by atoms with Crippen molar-refractivity contribution in [3.63, 3.8) is 0 Å². The lowest BCUT2D eigenvalue weighted by molar-refractivity contribution is -0.148. The number of hydrogen-bond acceptors (Lipinski definition) is 7. The van der Waals surface area contributed by atoms with Gasteiger partial charge in [-0.25, -0.2) is 8.42 Å². The quantitative estimate of drug-likeness (QED) is 0.373. The third-order valence-corrected chi connectivity index (χ3v) is 7.92. The van der Waals surface area contributed by atoms with Crippen LogP contribution in [0.5, 0.6) is 0 Å². The van der Waals surface area contributed by atoms with E-state index in [0.29, 0.717) is 42.1 Å². The Hall–Kier alpha value is -3.24. The van der Waals surface area contributed by atoms with E-state index in [0.717, 1.165) is 5.69 Å². The Balaban J connectivity index is 1.48. The first-order valence-corrected chi connectivity index (χ1v) is 12.5. The van der Waals surface area contributed by atoms with Gasteiger partial charge in [0, 0.05) is 29.6 Å². The minimum atomic E-state index is -3.86. The number of piperidine rings is 1. The van der Waals surface area contributed by atoms with Gasteiger partial charge in [0.25, 0.3) is 0 Å². The number of rotatable bonds is 7. The summed E-state index contributed by atoms with van der Waals surface area (Å²) in [5, 5.41) is 4.00. The fraction of sp³-hybridized carbons (Fsp3) is 0.375. The molecule has 0 amide bonds. The van der Waals surface area contributed by atoms with E-state index >= 15 is 0 Å². The number of sulfonamides is 1. The summed E-state index contributed by atoms with van der Waals surface area (Å²) in [7, 11) is -3.86.